The molecule has 6 N–H and O–H groups in total. The zero-order valence-electron chi connectivity index (χ0n) is 15.2. The molecule has 1 aliphatic rings. The van der Waals surface area contributed by atoms with E-state index >= 15 is 0 Å². The summed E-state index contributed by atoms with van der Waals surface area (Å²) in [5.74, 6) is -2.62. The molecule has 1 aromatic heterocycles. The number of methoxy groups -OCH3 is 1. The Kier molecular flexibility index (Phi) is 9.09. The van der Waals surface area contributed by atoms with Crippen LogP contribution >= 0.6 is 23.5 Å². The van der Waals surface area contributed by atoms with Crippen molar-refractivity contribution >= 4 is 29.3 Å². The molecule has 0 spiro atoms. The lowest BCUT2D eigenvalue weighted by Crippen LogP contribution is -2.48. The van der Waals surface area contributed by atoms with Crippen LogP contribution in [0.5, 0.6) is 0 Å². The molecule has 32 heavy (non-hydrogen) atoms. The Bertz CT molecular complexity index is 1010. The third-order valence-corrected chi connectivity index (χ3v) is 7.40. The van der Waals surface area contributed by atoms with E-state index in [1.165, 1.54) is 0 Å². The Morgan fingerprint density at radius 3 is 2.38 bits per heavy atom. The fourth-order valence-electron chi connectivity index (χ4n) is 2.41. The molecule has 0 saturated carbocycles. The van der Waals surface area contributed by atoms with Gasteiger partial charge in [0.2, 0.25) is 5.79 Å². The van der Waals surface area contributed by atoms with Crippen LogP contribution in [0, 0.1) is 0 Å². The van der Waals surface area contributed by atoms with Crippen molar-refractivity contribution in [2.24, 2.45) is 0 Å². The highest BCUT2D eigenvalue weighted by Gasteiger charge is 2.57. The lowest BCUT2D eigenvalue weighted by Gasteiger charge is -2.32. The number of ether oxygens (including phenoxy) is 2. The molecule has 1 aromatic rings. The van der Waals surface area contributed by atoms with E-state index in [4.69, 9.17) is 20.1 Å². The quantitative estimate of drug-likeness (QED) is 0.202. The summed E-state index contributed by atoms with van der Waals surface area (Å²) in [7, 11) is -16.8. The van der Waals surface area contributed by atoms with Crippen LogP contribution in [0.3, 0.4) is 0 Å². The van der Waals surface area contributed by atoms with Crippen LogP contribution < -0.4 is 21.2 Å². The Morgan fingerprint density at radius 2 is 1.88 bits per heavy atom. The van der Waals surface area contributed by atoms with Gasteiger partial charge >= 0.3 is 13.5 Å². The molecule has 21 heteroatoms. The SMILES string of the molecule is C.CO[C@]1(COP(=O)(O)OP(=O)([O-])OP(=O)([O-])O)O[C@@H](n2ccc(N)nc2=O)[C@H](O)[C@@H]1O. The summed E-state index contributed by atoms with van der Waals surface area (Å²) in [6.07, 6.45) is -4.53. The number of nitrogen functional groups attached to an aromatic ring is 1. The first-order valence-corrected chi connectivity index (χ1v) is 12.1. The smallest absolute Gasteiger partial charge is 0.478 e. The van der Waals surface area contributed by atoms with Crippen LogP contribution in [0.1, 0.15) is 13.7 Å². The van der Waals surface area contributed by atoms with E-state index in [0.29, 0.717) is 4.57 Å². The van der Waals surface area contributed by atoms with Gasteiger partial charge in [-0.2, -0.15) is 4.98 Å². The molecular weight excluding hydrogens is 507 g/mol. The number of hydrogen-bond donors (Lipinski definition) is 5. The topological polar surface area (TPSA) is 285 Å². The normalized spacial score (nSPS) is 31.2. The third-order valence-electron chi connectivity index (χ3n) is 3.69. The summed E-state index contributed by atoms with van der Waals surface area (Å²) in [5.41, 5.74) is 4.34. The van der Waals surface area contributed by atoms with Gasteiger partial charge in [0.1, 0.15) is 24.6 Å². The van der Waals surface area contributed by atoms with Crippen LogP contribution in [-0.2, 0) is 36.3 Å². The van der Waals surface area contributed by atoms with Crippen molar-refractivity contribution in [3.8, 4) is 0 Å². The summed E-state index contributed by atoms with van der Waals surface area (Å²) in [4.78, 5) is 54.9. The number of phosphoric ester groups is 1. The number of nitrogens with zero attached hydrogens (tertiary/aromatic N) is 2. The molecule has 186 valence electrons. The number of phosphoric acid groups is 3. The van der Waals surface area contributed by atoms with Gasteiger partial charge in [-0.1, -0.05) is 7.43 Å². The van der Waals surface area contributed by atoms with Gasteiger partial charge in [-0.25, -0.2) is 18.0 Å². The molecule has 1 fully saturated rings. The van der Waals surface area contributed by atoms with Crippen LogP contribution in [0.4, 0.5) is 5.82 Å². The van der Waals surface area contributed by atoms with Crippen molar-refractivity contribution in [3.05, 3.63) is 22.7 Å². The zero-order chi connectivity index (χ0) is 23.8. The first-order chi connectivity index (χ1) is 14.0. The molecule has 0 aromatic carbocycles. The second-order valence-corrected chi connectivity index (χ2v) is 10.2. The van der Waals surface area contributed by atoms with Crippen molar-refractivity contribution in [2.75, 3.05) is 19.5 Å². The number of aromatic nitrogens is 2. The second kappa shape index (κ2) is 10.0. The summed E-state index contributed by atoms with van der Waals surface area (Å²) >= 11 is 0. The van der Waals surface area contributed by atoms with E-state index in [-0.39, 0.29) is 13.2 Å². The number of anilines is 1. The number of aliphatic hydroxyl groups is 2. The highest BCUT2D eigenvalue weighted by molar-refractivity contribution is 7.65. The summed E-state index contributed by atoms with van der Waals surface area (Å²) in [5, 5.41) is 20.5. The number of hydrogen-bond acceptors (Lipinski definition) is 15. The fourth-order valence-corrected chi connectivity index (χ4v) is 5.35. The minimum absolute atomic E-state index is 0. The molecule has 0 aliphatic carbocycles. The first-order valence-electron chi connectivity index (χ1n) is 7.69. The van der Waals surface area contributed by atoms with Crippen LogP contribution in [-0.4, -0.2) is 61.3 Å². The molecule has 2 rings (SSSR count). The lowest BCUT2D eigenvalue weighted by molar-refractivity contribution is -0.268. The maximum atomic E-state index is 11.9. The Balaban J connectivity index is 0.00000512. The van der Waals surface area contributed by atoms with E-state index in [1.54, 1.807) is 0 Å². The van der Waals surface area contributed by atoms with Crippen molar-refractivity contribution < 1.29 is 66.1 Å². The second-order valence-electron chi connectivity index (χ2n) is 5.82. The Morgan fingerprint density at radius 1 is 1.28 bits per heavy atom. The van der Waals surface area contributed by atoms with Crippen LogP contribution in [0.15, 0.2) is 17.1 Å². The molecule has 2 heterocycles. The van der Waals surface area contributed by atoms with E-state index < -0.39 is 60.0 Å². The molecule has 18 nitrogen and oxygen atoms in total. The molecule has 7 atom stereocenters. The van der Waals surface area contributed by atoms with Gasteiger partial charge in [0.05, 0.1) is 0 Å². The largest absolute Gasteiger partial charge is 0.756 e. The predicted octanol–water partition coefficient (Wildman–Crippen LogP) is -2.87. The van der Waals surface area contributed by atoms with E-state index in [9.17, 15) is 43.4 Å². The average molecular weight is 527 g/mol. The highest BCUT2D eigenvalue weighted by Crippen LogP contribution is 2.63. The Labute approximate surface area is 179 Å². The van der Waals surface area contributed by atoms with Crippen molar-refractivity contribution in [1.29, 1.82) is 0 Å². The molecule has 0 bridgehead atoms. The maximum absolute atomic E-state index is 11.9. The van der Waals surface area contributed by atoms with E-state index in [2.05, 4.69) is 18.1 Å². The average Bonchev–Trinajstić information content (AvgIpc) is 2.82. The van der Waals surface area contributed by atoms with Gasteiger partial charge < -0.3 is 45.0 Å². The third kappa shape index (κ3) is 6.96. The summed E-state index contributed by atoms with van der Waals surface area (Å²) < 4.78 is 55.4. The van der Waals surface area contributed by atoms with Gasteiger partial charge in [-0.3, -0.25) is 18.2 Å². The molecule has 1 aliphatic heterocycles. The van der Waals surface area contributed by atoms with Gasteiger partial charge in [0, 0.05) is 13.3 Å². The van der Waals surface area contributed by atoms with Gasteiger partial charge in [-0.05, 0) is 6.07 Å². The van der Waals surface area contributed by atoms with Gasteiger partial charge in [0.25, 0.3) is 15.6 Å². The van der Waals surface area contributed by atoms with Crippen LogP contribution in [0.2, 0.25) is 0 Å². The van der Waals surface area contributed by atoms with Gasteiger partial charge in [-0.15, -0.1) is 0 Å². The van der Waals surface area contributed by atoms with E-state index in [1.807, 2.05) is 0 Å². The van der Waals surface area contributed by atoms with Crippen molar-refractivity contribution in [3.63, 3.8) is 0 Å². The maximum Gasteiger partial charge on any atom is 0.478 e. The Hall–Kier alpha value is -1.07. The number of aliphatic hydroxyl groups excluding tert-OH is 2. The standard InChI is InChI=1S/C10H18N3O15P3.CH4/c1-24-10(4-25-30(20,21)28-31(22,23)27-29(17,18)19)7(15)6(14)8(26-10)13-3-2-5(11)12-9(13)16;/h2-3,6-8,14-15H,4H2,1H3,(H,20,21)(H,22,23)(H2,11,12,16)(H2,17,18,19);1H4/p-2/t6-,7+,8-,10-;/m1./s1. The monoisotopic (exact) mass is 527 g/mol. The van der Waals surface area contributed by atoms with Crippen LogP contribution in [0.25, 0.3) is 0 Å². The highest BCUT2D eigenvalue weighted by atomic mass is 31.3. The van der Waals surface area contributed by atoms with E-state index in [0.717, 1.165) is 19.4 Å². The first kappa shape index (κ1) is 29.0. The minimum Gasteiger partial charge on any atom is -0.756 e. The number of rotatable bonds is 9. The van der Waals surface area contributed by atoms with Crippen molar-refractivity contribution in [2.45, 2.75) is 31.6 Å². The summed E-state index contributed by atoms with van der Waals surface area (Å²) in [6.45, 7) is -1.29. The van der Waals surface area contributed by atoms with Crippen molar-refractivity contribution in [1.82, 2.24) is 9.55 Å². The molecule has 0 radical (unpaired) electrons. The molecule has 1 saturated heterocycles. The molecule has 3 unspecified atom stereocenters. The molecule has 0 amide bonds. The predicted molar refractivity (Wildman–Crippen MR) is 96.9 cm³/mol. The molecular formula is C11H20N3O15P3-2. The minimum atomic E-state index is -6.10. The lowest BCUT2D eigenvalue weighted by atomic mass is 10.1. The summed E-state index contributed by atoms with van der Waals surface area (Å²) in [6, 6.07) is 1.16. The van der Waals surface area contributed by atoms with Gasteiger partial charge in [0.15, 0.2) is 6.23 Å². The number of nitrogens with two attached hydrogens (primary N) is 1. The fraction of sp³-hybridized carbons (Fsp3) is 0.636. The zero-order valence-corrected chi connectivity index (χ0v) is 17.9.